The number of carbonyl (C=O) groups is 1. The lowest BCUT2D eigenvalue weighted by atomic mass is 10.0. The van der Waals surface area contributed by atoms with Crippen molar-refractivity contribution in [3.05, 3.63) is 71.8 Å². The molecule has 0 aliphatic heterocycles. The number of methoxy groups -OCH3 is 4. The van der Waals surface area contributed by atoms with Crippen LogP contribution in [0.25, 0.3) is 26.6 Å². The molecule has 0 saturated carbocycles. The van der Waals surface area contributed by atoms with Gasteiger partial charge >= 0.3 is 0 Å². The normalized spacial score (nSPS) is 12.0. The molecule has 0 radical (unpaired) electrons. The molecule has 0 N–H and O–H groups in total. The number of hydrogen-bond acceptors (Lipinski definition) is 7. The zero-order valence-electron chi connectivity index (χ0n) is 25.2. The van der Waals surface area contributed by atoms with Crippen molar-refractivity contribution in [1.29, 1.82) is 0 Å². The van der Waals surface area contributed by atoms with E-state index in [1.54, 1.807) is 58.0 Å². The van der Waals surface area contributed by atoms with E-state index in [0.29, 0.717) is 34.3 Å². The number of ether oxygens (including phenoxy) is 4. The second kappa shape index (κ2) is 12.0. The van der Waals surface area contributed by atoms with E-state index in [-0.39, 0.29) is 10.8 Å². The highest BCUT2D eigenvalue weighted by Crippen LogP contribution is 2.45. The molecule has 4 aromatic rings. The zero-order chi connectivity index (χ0) is 29.9. The SMILES string of the molecule is COc1cc(OC)c(-c2cc3ccccc3s2)cc1C=CC(=O)c1cc(OC)c(O[Si](C)(C)C(C)(C)C)c(OC)c1. The van der Waals surface area contributed by atoms with Gasteiger partial charge in [0.2, 0.25) is 0 Å². The Labute approximate surface area is 247 Å². The molecule has 1 aromatic heterocycles. The highest BCUT2D eigenvalue weighted by molar-refractivity contribution is 7.22. The topological polar surface area (TPSA) is 63.2 Å². The lowest BCUT2D eigenvalue weighted by Gasteiger charge is -2.37. The monoisotopic (exact) mass is 590 g/mol. The van der Waals surface area contributed by atoms with Crippen LogP contribution in [0.1, 0.15) is 36.7 Å². The van der Waals surface area contributed by atoms with Crippen LogP contribution in [-0.2, 0) is 0 Å². The predicted molar refractivity (Wildman–Crippen MR) is 171 cm³/mol. The smallest absolute Gasteiger partial charge is 0.250 e. The molecule has 0 unspecified atom stereocenters. The average Bonchev–Trinajstić information content (AvgIpc) is 3.38. The summed E-state index contributed by atoms with van der Waals surface area (Å²) in [6, 6.07) is 17.6. The van der Waals surface area contributed by atoms with Gasteiger partial charge in [-0.05, 0) is 66.0 Å². The third-order valence-corrected chi connectivity index (χ3v) is 13.0. The van der Waals surface area contributed by atoms with E-state index >= 15 is 0 Å². The Hall–Kier alpha value is -3.75. The molecule has 0 aliphatic carbocycles. The van der Waals surface area contributed by atoms with Crippen molar-refractivity contribution in [2.75, 3.05) is 28.4 Å². The number of hydrogen-bond donors (Lipinski definition) is 0. The van der Waals surface area contributed by atoms with Crippen LogP contribution in [0.5, 0.6) is 28.7 Å². The maximum Gasteiger partial charge on any atom is 0.250 e. The number of ketones is 1. The van der Waals surface area contributed by atoms with Crippen molar-refractivity contribution in [2.24, 2.45) is 0 Å². The molecule has 0 fully saturated rings. The fourth-order valence-electron chi connectivity index (χ4n) is 4.15. The van der Waals surface area contributed by atoms with Gasteiger partial charge in [0.25, 0.3) is 8.32 Å². The molecule has 0 amide bonds. The van der Waals surface area contributed by atoms with E-state index in [1.807, 2.05) is 24.3 Å². The van der Waals surface area contributed by atoms with Crippen molar-refractivity contribution in [3.8, 4) is 39.2 Å². The number of benzene rings is 3. The van der Waals surface area contributed by atoms with Crippen LogP contribution in [-0.4, -0.2) is 42.5 Å². The lowest BCUT2D eigenvalue weighted by molar-refractivity contribution is 0.104. The first kappa shape index (κ1) is 30.2. The van der Waals surface area contributed by atoms with Gasteiger partial charge in [-0.2, -0.15) is 0 Å². The zero-order valence-corrected chi connectivity index (χ0v) is 27.0. The largest absolute Gasteiger partial charge is 0.539 e. The Morgan fingerprint density at radius 3 is 1.98 bits per heavy atom. The number of fused-ring (bicyclic) bond motifs is 1. The molecule has 1 heterocycles. The fraction of sp³-hybridized carbons (Fsp3) is 0.303. The van der Waals surface area contributed by atoms with Gasteiger partial charge in [0.15, 0.2) is 23.0 Å². The van der Waals surface area contributed by atoms with Crippen molar-refractivity contribution < 1.29 is 28.2 Å². The molecule has 41 heavy (non-hydrogen) atoms. The van der Waals surface area contributed by atoms with Gasteiger partial charge in [-0.25, -0.2) is 0 Å². The minimum Gasteiger partial charge on any atom is -0.539 e. The summed E-state index contributed by atoms with van der Waals surface area (Å²) in [6.45, 7) is 10.8. The standard InChI is InChI=1S/C33H38O6SSi/c1-33(2,3)41(8,9)39-32-28(37-6)17-23(18-29(32)38-7)25(34)15-14-21-16-24(27(36-5)20-26(21)35-4)31-19-22-12-10-11-13-30(22)40-31/h10-20H,1-9H3. The Balaban J connectivity index is 1.71. The second-order valence-electron chi connectivity index (χ2n) is 11.2. The molecule has 0 aliphatic rings. The van der Waals surface area contributed by atoms with E-state index in [2.05, 4.69) is 52.1 Å². The third-order valence-electron chi connectivity index (χ3n) is 7.57. The van der Waals surface area contributed by atoms with Crippen LogP contribution in [0.3, 0.4) is 0 Å². The number of thiophene rings is 1. The van der Waals surface area contributed by atoms with Gasteiger partial charge < -0.3 is 23.4 Å². The first-order valence-electron chi connectivity index (χ1n) is 13.3. The minimum absolute atomic E-state index is 0.0215. The summed E-state index contributed by atoms with van der Waals surface area (Å²) < 4.78 is 30.4. The predicted octanol–water partition coefficient (Wildman–Crippen LogP) is 8.88. The molecular weight excluding hydrogens is 553 g/mol. The quantitative estimate of drug-likeness (QED) is 0.104. The second-order valence-corrected chi connectivity index (χ2v) is 17.0. The van der Waals surface area contributed by atoms with Gasteiger partial charge in [-0.1, -0.05) is 39.0 Å². The molecule has 0 bridgehead atoms. The van der Waals surface area contributed by atoms with Crippen molar-refractivity contribution in [3.63, 3.8) is 0 Å². The molecule has 3 aromatic carbocycles. The molecule has 0 saturated heterocycles. The van der Waals surface area contributed by atoms with E-state index in [0.717, 1.165) is 16.0 Å². The summed E-state index contributed by atoms with van der Waals surface area (Å²) in [6.07, 6.45) is 3.29. The Bertz CT molecular complexity index is 1540. The summed E-state index contributed by atoms with van der Waals surface area (Å²) in [5, 5.41) is 1.15. The average molecular weight is 591 g/mol. The summed E-state index contributed by atoms with van der Waals surface area (Å²) in [5.41, 5.74) is 2.11. The highest BCUT2D eigenvalue weighted by Gasteiger charge is 2.40. The Morgan fingerprint density at radius 1 is 0.805 bits per heavy atom. The van der Waals surface area contributed by atoms with Crippen molar-refractivity contribution in [1.82, 2.24) is 0 Å². The fourth-order valence-corrected chi connectivity index (χ4v) is 6.26. The summed E-state index contributed by atoms with van der Waals surface area (Å²) >= 11 is 1.69. The summed E-state index contributed by atoms with van der Waals surface area (Å²) in [5.74, 6) is 2.53. The molecule has 6 nitrogen and oxygen atoms in total. The van der Waals surface area contributed by atoms with Gasteiger partial charge in [0.05, 0.1) is 28.4 Å². The van der Waals surface area contributed by atoms with E-state index in [4.69, 9.17) is 23.4 Å². The maximum absolute atomic E-state index is 13.4. The number of carbonyl (C=O) groups excluding carboxylic acids is 1. The summed E-state index contributed by atoms with van der Waals surface area (Å²) in [4.78, 5) is 14.5. The number of allylic oxidation sites excluding steroid dienone is 1. The first-order valence-corrected chi connectivity index (χ1v) is 17.1. The van der Waals surface area contributed by atoms with E-state index in [9.17, 15) is 4.79 Å². The van der Waals surface area contributed by atoms with Crippen LogP contribution < -0.4 is 23.4 Å². The lowest BCUT2D eigenvalue weighted by Crippen LogP contribution is -2.44. The third kappa shape index (κ3) is 6.28. The molecule has 4 rings (SSSR count). The van der Waals surface area contributed by atoms with Crippen LogP contribution in [0.4, 0.5) is 0 Å². The van der Waals surface area contributed by atoms with Gasteiger partial charge in [-0.15, -0.1) is 11.3 Å². The van der Waals surface area contributed by atoms with Gasteiger partial charge in [0.1, 0.15) is 11.5 Å². The maximum atomic E-state index is 13.4. The minimum atomic E-state index is -2.19. The highest BCUT2D eigenvalue weighted by atomic mass is 32.1. The molecular formula is C33H38O6SSi. The van der Waals surface area contributed by atoms with Gasteiger partial charge in [0, 0.05) is 32.3 Å². The van der Waals surface area contributed by atoms with Crippen molar-refractivity contribution >= 4 is 41.6 Å². The van der Waals surface area contributed by atoms with Crippen LogP contribution >= 0.6 is 11.3 Å². The molecule has 216 valence electrons. The van der Waals surface area contributed by atoms with Crippen LogP contribution in [0.15, 0.2) is 60.7 Å². The van der Waals surface area contributed by atoms with Crippen molar-refractivity contribution in [2.45, 2.75) is 38.9 Å². The molecule has 0 spiro atoms. The first-order chi connectivity index (χ1) is 19.4. The van der Waals surface area contributed by atoms with Gasteiger partial charge in [-0.3, -0.25) is 4.79 Å². The summed E-state index contributed by atoms with van der Waals surface area (Å²) in [7, 11) is 4.18. The van der Waals surface area contributed by atoms with Crippen LogP contribution in [0, 0.1) is 0 Å². The number of rotatable bonds is 10. The van der Waals surface area contributed by atoms with Crippen LogP contribution in [0.2, 0.25) is 18.1 Å². The van der Waals surface area contributed by atoms with E-state index < -0.39 is 8.32 Å². The molecule has 0 atom stereocenters. The van der Waals surface area contributed by atoms with E-state index in [1.165, 1.54) is 16.2 Å². The Kier molecular flexibility index (Phi) is 8.85. The molecule has 8 heteroatoms. The Morgan fingerprint density at radius 2 is 1.41 bits per heavy atom.